The Kier molecular flexibility index (Phi) is 3.94. The maximum absolute atomic E-state index is 13.4. The van der Waals surface area contributed by atoms with Gasteiger partial charge in [0.05, 0.1) is 6.42 Å². The van der Waals surface area contributed by atoms with Gasteiger partial charge < -0.3 is 5.11 Å². The first-order valence-electron chi connectivity index (χ1n) is 5.24. The molecule has 0 bridgehead atoms. The standard InChI is InChI=1S/C13H10FNO2S/c14-11-2-1-7-15-13(11)18-10-5-3-9(4-6-10)8-12(16)17/h1-7H,8H2,(H,16,17). The lowest BCUT2D eigenvalue weighted by molar-refractivity contribution is -0.136. The van der Waals surface area contributed by atoms with Crippen LogP contribution >= 0.6 is 11.8 Å². The summed E-state index contributed by atoms with van der Waals surface area (Å²) in [6.07, 6.45) is 1.52. The first-order chi connectivity index (χ1) is 8.65. The predicted molar refractivity (Wildman–Crippen MR) is 66.1 cm³/mol. The molecular weight excluding hydrogens is 253 g/mol. The molecule has 0 aliphatic rings. The highest BCUT2D eigenvalue weighted by Crippen LogP contribution is 2.27. The monoisotopic (exact) mass is 263 g/mol. The first kappa shape index (κ1) is 12.6. The summed E-state index contributed by atoms with van der Waals surface area (Å²) >= 11 is 1.21. The van der Waals surface area contributed by atoms with E-state index in [-0.39, 0.29) is 12.2 Å². The molecule has 0 fully saturated rings. The Morgan fingerprint density at radius 3 is 2.61 bits per heavy atom. The SMILES string of the molecule is O=C(O)Cc1ccc(Sc2ncccc2F)cc1. The minimum atomic E-state index is -0.869. The highest BCUT2D eigenvalue weighted by molar-refractivity contribution is 7.99. The fraction of sp³-hybridized carbons (Fsp3) is 0.0769. The Balaban J connectivity index is 2.11. The zero-order valence-corrected chi connectivity index (χ0v) is 10.2. The summed E-state index contributed by atoms with van der Waals surface area (Å²) in [5.74, 6) is -1.23. The van der Waals surface area contributed by atoms with Crippen LogP contribution in [0, 0.1) is 5.82 Å². The summed E-state index contributed by atoms with van der Waals surface area (Å²) in [6, 6.07) is 9.85. The lowest BCUT2D eigenvalue weighted by Crippen LogP contribution is -1.99. The van der Waals surface area contributed by atoms with E-state index in [9.17, 15) is 9.18 Å². The molecule has 0 amide bonds. The van der Waals surface area contributed by atoms with Gasteiger partial charge in [-0.3, -0.25) is 4.79 Å². The molecule has 0 aliphatic heterocycles. The molecule has 1 aromatic heterocycles. The summed E-state index contributed by atoms with van der Waals surface area (Å²) in [7, 11) is 0. The van der Waals surface area contributed by atoms with Gasteiger partial charge in [-0.05, 0) is 29.8 Å². The average molecular weight is 263 g/mol. The molecule has 0 radical (unpaired) electrons. The molecule has 5 heteroatoms. The molecule has 0 unspecified atom stereocenters. The molecule has 1 N–H and O–H groups in total. The average Bonchev–Trinajstić information content (AvgIpc) is 2.34. The predicted octanol–water partition coefficient (Wildman–Crippen LogP) is 3.00. The Morgan fingerprint density at radius 1 is 1.28 bits per heavy atom. The van der Waals surface area contributed by atoms with Gasteiger partial charge >= 0.3 is 5.97 Å². The fourth-order valence-electron chi connectivity index (χ4n) is 1.41. The summed E-state index contributed by atoms with van der Waals surface area (Å²) in [6.45, 7) is 0. The third kappa shape index (κ3) is 3.30. The number of nitrogens with zero attached hydrogens (tertiary/aromatic N) is 1. The summed E-state index contributed by atoms with van der Waals surface area (Å²) < 4.78 is 13.4. The van der Waals surface area contributed by atoms with Crippen LogP contribution in [0.25, 0.3) is 0 Å². The summed E-state index contributed by atoms with van der Waals surface area (Å²) in [5.41, 5.74) is 0.716. The fourth-order valence-corrected chi connectivity index (χ4v) is 2.18. The van der Waals surface area contributed by atoms with Gasteiger partial charge in [0.1, 0.15) is 5.03 Å². The van der Waals surface area contributed by atoms with Crippen LogP contribution in [0.15, 0.2) is 52.5 Å². The molecule has 0 spiro atoms. The number of halogens is 1. The summed E-state index contributed by atoms with van der Waals surface area (Å²) in [5, 5.41) is 8.95. The van der Waals surface area contributed by atoms with Crippen molar-refractivity contribution in [3.8, 4) is 0 Å². The Labute approximate surface area is 108 Å². The molecule has 1 heterocycles. The van der Waals surface area contributed by atoms with E-state index in [1.165, 1.54) is 30.1 Å². The number of hydrogen-bond donors (Lipinski definition) is 1. The maximum atomic E-state index is 13.4. The third-order valence-electron chi connectivity index (χ3n) is 2.22. The third-order valence-corrected chi connectivity index (χ3v) is 3.22. The minimum absolute atomic E-state index is 0.0110. The lowest BCUT2D eigenvalue weighted by Gasteiger charge is -2.03. The van der Waals surface area contributed by atoms with E-state index in [0.29, 0.717) is 10.6 Å². The highest BCUT2D eigenvalue weighted by atomic mass is 32.2. The van der Waals surface area contributed by atoms with Crippen molar-refractivity contribution in [1.29, 1.82) is 0 Å². The van der Waals surface area contributed by atoms with Crippen molar-refractivity contribution in [3.05, 3.63) is 54.0 Å². The molecule has 0 saturated carbocycles. The van der Waals surface area contributed by atoms with Crippen molar-refractivity contribution in [2.45, 2.75) is 16.3 Å². The zero-order chi connectivity index (χ0) is 13.0. The molecule has 2 rings (SSSR count). The molecular formula is C13H10FNO2S. The van der Waals surface area contributed by atoms with Gasteiger partial charge in [0.15, 0.2) is 5.82 Å². The van der Waals surface area contributed by atoms with Gasteiger partial charge in [-0.15, -0.1) is 0 Å². The van der Waals surface area contributed by atoms with E-state index in [4.69, 9.17) is 5.11 Å². The van der Waals surface area contributed by atoms with Crippen LogP contribution in [0.5, 0.6) is 0 Å². The second-order valence-electron chi connectivity index (χ2n) is 3.61. The summed E-state index contributed by atoms with van der Waals surface area (Å²) in [4.78, 5) is 15.3. The topological polar surface area (TPSA) is 50.2 Å². The first-order valence-corrected chi connectivity index (χ1v) is 6.06. The van der Waals surface area contributed by atoms with E-state index in [2.05, 4.69) is 4.98 Å². The quantitative estimate of drug-likeness (QED) is 0.921. The zero-order valence-electron chi connectivity index (χ0n) is 9.34. The number of carboxylic acid groups (broad SMARTS) is 1. The van der Waals surface area contributed by atoms with Crippen LogP contribution in [0.2, 0.25) is 0 Å². The normalized spacial score (nSPS) is 10.3. The van der Waals surface area contributed by atoms with Gasteiger partial charge in [-0.25, -0.2) is 9.37 Å². The van der Waals surface area contributed by atoms with E-state index in [1.54, 1.807) is 24.3 Å². The smallest absolute Gasteiger partial charge is 0.307 e. The van der Waals surface area contributed by atoms with Crippen LogP contribution in [0.1, 0.15) is 5.56 Å². The molecule has 92 valence electrons. The Morgan fingerprint density at radius 2 is 2.00 bits per heavy atom. The second kappa shape index (κ2) is 5.64. The van der Waals surface area contributed by atoms with Gasteiger partial charge in [-0.1, -0.05) is 23.9 Å². The Hall–Kier alpha value is -1.88. The lowest BCUT2D eigenvalue weighted by atomic mass is 10.2. The van der Waals surface area contributed by atoms with Crippen molar-refractivity contribution < 1.29 is 14.3 Å². The van der Waals surface area contributed by atoms with Gasteiger partial charge in [-0.2, -0.15) is 0 Å². The number of rotatable bonds is 4. The number of aromatic nitrogens is 1. The van der Waals surface area contributed by atoms with Gasteiger partial charge in [0.25, 0.3) is 0 Å². The van der Waals surface area contributed by atoms with Crippen molar-refractivity contribution in [2.24, 2.45) is 0 Å². The highest BCUT2D eigenvalue weighted by Gasteiger charge is 2.05. The van der Waals surface area contributed by atoms with Gasteiger partial charge in [0.2, 0.25) is 0 Å². The molecule has 0 atom stereocenters. The van der Waals surface area contributed by atoms with E-state index >= 15 is 0 Å². The largest absolute Gasteiger partial charge is 0.481 e. The molecule has 0 saturated heterocycles. The van der Waals surface area contributed by atoms with Crippen LogP contribution < -0.4 is 0 Å². The Bertz CT molecular complexity index is 557. The number of aliphatic carboxylic acids is 1. The molecule has 2 aromatic rings. The van der Waals surface area contributed by atoms with Crippen LogP contribution in [0.4, 0.5) is 4.39 Å². The maximum Gasteiger partial charge on any atom is 0.307 e. The minimum Gasteiger partial charge on any atom is -0.481 e. The number of carbonyl (C=O) groups is 1. The number of pyridine rings is 1. The van der Waals surface area contributed by atoms with Crippen LogP contribution in [-0.4, -0.2) is 16.1 Å². The van der Waals surface area contributed by atoms with E-state index < -0.39 is 5.97 Å². The van der Waals surface area contributed by atoms with Crippen molar-refractivity contribution in [1.82, 2.24) is 4.98 Å². The molecule has 0 aliphatic carbocycles. The second-order valence-corrected chi connectivity index (χ2v) is 4.67. The van der Waals surface area contributed by atoms with Crippen LogP contribution in [0.3, 0.4) is 0 Å². The van der Waals surface area contributed by atoms with Crippen molar-refractivity contribution in [3.63, 3.8) is 0 Å². The van der Waals surface area contributed by atoms with E-state index in [1.807, 2.05) is 0 Å². The number of carboxylic acids is 1. The van der Waals surface area contributed by atoms with E-state index in [0.717, 1.165) is 4.90 Å². The molecule has 3 nitrogen and oxygen atoms in total. The van der Waals surface area contributed by atoms with Gasteiger partial charge in [0, 0.05) is 11.1 Å². The molecule has 18 heavy (non-hydrogen) atoms. The number of hydrogen-bond acceptors (Lipinski definition) is 3. The van der Waals surface area contributed by atoms with Crippen molar-refractivity contribution >= 4 is 17.7 Å². The molecule has 1 aromatic carbocycles. The van der Waals surface area contributed by atoms with Crippen molar-refractivity contribution in [2.75, 3.05) is 0 Å². The van der Waals surface area contributed by atoms with Crippen LogP contribution in [-0.2, 0) is 11.2 Å². The number of benzene rings is 1.